The van der Waals surface area contributed by atoms with Gasteiger partial charge in [-0.25, -0.2) is 9.98 Å². The Labute approximate surface area is 190 Å². The molecule has 1 amide bonds. The standard InChI is InChI=1S/C24H34N6O2/c1-3-25-24(29-13-11-28(12-14-29)23(31)22-8-5-15-32-22)27-17-20-6-4-7-21(16-20)18-30-10-9-26-19(30)2/h4,6-7,9-10,16,22H,3,5,8,11-15,17-18H2,1-2H3,(H,25,27). The van der Waals surface area contributed by atoms with Crippen LogP contribution >= 0.6 is 0 Å². The average molecular weight is 439 g/mol. The van der Waals surface area contributed by atoms with Gasteiger partial charge in [0.1, 0.15) is 11.9 Å². The molecule has 2 aromatic rings. The lowest BCUT2D eigenvalue weighted by Gasteiger charge is -2.37. The second-order valence-electron chi connectivity index (χ2n) is 8.41. The summed E-state index contributed by atoms with van der Waals surface area (Å²) in [6.45, 7) is 10.0. The number of benzene rings is 1. The lowest BCUT2D eigenvalue weighted by atomic mass is 10.1. The summed E-state index contributed by atoms with van der Waals surface area (Å²) in [5, 5.41) is 3.42. The summed E-state index contributed by atoms with van der Waals surface area (Å²) < 4.78 is 7.71. The first-order valence-corrected chi connectivity index (χ1v) is 11.6. The number of guanidine groups is 1. The number of hydrogen-bond donors (Lipinski definition) is 1. The van der Waals surface area contributed by atoms with Crippen molar-refractivity contribution in [1.82, 2.24) is 24.7 Å². The van der Waals surface area contributed by atoms with Gasteiger partial charge in [-0.1, -0.05) is 24.3 Å². The zero-order valence-electron chi connectivity index (χ0n) is 19.2. The van der Waals surface area contributed by atoms with Gasteiger partial charge in [0.2, 0.25) is 0 Å². The number of nitrogens with zero attached hydrogens (tertiary/aromatic N) is 5. The Morgan fingerprint density at radius 2 is 2.00 bits per heavy atom. The molecular formula is C24H34N6O2. The van der Waals surface area contributed by atoms with E-state index in [-0.39, 0.29) is 12.0 Å². The van der Waals surface area contributed by atoms with Gasteiger partial charge in [0, 0.05) is 58.3 Å². The SMILES string of the molecule is CCNC(=NCc1cccc(Cn2ccnc2C)c1)N1CCN(C(=O)C2CCCO2)CC1. The van der Waals surface area contributed by atoms with Crippen molar-refractivity contribution in [2.24, 2.45) is 4.99 Å². The summed E-state index contributed by atoms with van der Waals surface area (Å²) in [5.41, 5.74) is 2.42. The first kappa shape index (κ1) is 22.3. The fourth-order valence-electron chi connectivity index (χ4n) is 4.30. The summed E-state index contributed by atoms with van der Waals surface area (Å²) >= 11 is 0. The van der Waals surface area contributed by atoms with Gasteiger partial charge in [-0.15, -0.1) is 0 Å². The minimum atomic E-state index is -0.234. The number of ether oxygens (including phenoxy) is 1. The molecule has 4 rings (SSSR count). The van der Waals surface area contributed by atoms with Crippen molar-refractivity contribution >= 4 is 11.9 Å². The molecule has 1 unspecified atom stereocenters. The monoisotopic (exact) mass is 438 g/mol. The Hall–Kier alpha value is -2.87. The topological polar surface area (TPSA) is 75.0 Å². The molecule has 0 saturated carbocycles. The summed E-state index contributed by atoms with van der Waals surface area (Å²) in [7, 11) is 0. The summed E-state index contributed by atoms with van der Waals surface area (Å²) in [6, 6.07) is 8.57. The van der Waals surface area contributed by atoms with E-state index in [1.807, 2.05) is 24.2 Å². The van der Waals surface area contributed by atoms with Crippen LogP contribution < -0.4 is 5.32 Å². The first-order valence-electron chi connectivity index (χ1n) is 11.6. The van der Waals surface area contributed by atoms with Crippen LogP contribution in [-0.2, 0) is 22.6 Å². The number of amides is 1. The molecule has 3 heterocycles. The Balaban J connectivity index is 1.36. The molecule has 1 atom stereocenters. The minimum absolute atomic E-state index is 0.147. The molecule has 0 aliphatic carbocycles. The van der Waals surface area contributed by atoms with Crippen LogP contribution in [0.3, 0.4) is 0 Å². The lowest BCUT2D eigenvalue weighted by molar-refractivity contribution is -0.142. The molecule has 2 saturated heterocycles. The third kappa shape index (κ3) is 5.48. The zero-order chi connectivity index (χ0) is 22.3. The predicted molar refractivity (Wildman–Crippen MR) is 124 cm³/mol. The minimum Gasteiger partial charge on any atom is -0.368 e. The molecular weight excluding hydrogens is 404 g/mol. The normalized spacial score (nSPS) is 19.4. The quantitative estimate of drug-likeness (QED) is 0.552. The van der Waals surface area contributed by atoms with Crippen LogP contribution in [0.2, 0.25) is 0 Å². The highest BCUT2D eigenvalue weighted by Crippen LogP contribution is 2.16. The van der Waals surface area contributed by atoms with Crippen LogP contribution in [0.25, 0.3) is 0 Å². The van der Waals surface area contributed by atoms with Gasteiger partial charge in [0.25, 0.3) is 5.91 Å². The van der Waals surface area contributed by atoms with Gasteiger partial charge < -0.3 is 24.4 Å². The van der Waals surface area contributed by atoms with Crippen molar-refractivity contribution in [2.75, 3.05) is 39.3 Å². The molecule has 2 aliphatic heterocycles. The fraction of sp³-hybridized carbons (Fsp3) is 0.542. The van der Waals surface area contributed by atoms with Crippen molar-refractivity contribution in [3.05, 3.63) is 53.6 Å². The molecule has 8 heteroatoms. The number of rotatable bonds is 6. The second kappa shape index (κ2) is 10.6. The molecule has 0 radical (unpaired) electrons. The number of aromatic nitrogens is 2. The maximum absolute atomic E-state index is 12.6. The van der Waals surface area contributed by atoms with Gasteiger partial charge in [-0.05, 0) is 37.8 Å². The van der Waals surface area contributed by atoms with Crippen LogP contribution in [0.5, 0.6) is 0 Å². The van der Waals surface area contributed by atoms with Crippen molar-refractivity contribution in [2.45, 2.75) is 45.9 Å². The molecule has 32 heavy (non-hydrogen) atoms. The smallest absolute Gasteiger partial charge is 0.251 e. The molecule has 2 fully saturated rings. The van der Waals surface area contributed by atoms with Gasteiger partial charge >= 0.3 is 0 Å². The highest BCUT2D eigenvalue weighted by atomic mass is 16.5. The van der Waals surface area contributed by atoms with Crippen LogP contribution in [-0.4, -0.2) is 76.7 Å². The van der Waals surface area contributed by atoms with Crippen molar-refractivity contribution in [3.63, 3.8) is 0 Å². The predicted octanol–water partition coefficient (Wildman–Crippen LogP) is 2.03. The number of piperazine rings is 1. The van der Waals surface area contributed by atoms with Gasteiger partial charge in [-0.2, -0.15) is 0 Å². The maximum atomic E-state index is 12.6. The third-order valence-corrected chi connectivity index (χ3v) is 6.11. The van der Waals surface area contributed by atoms with E-state index in [4.69, 9.17) is 9.73 Å². The fourth-order valence-corrected chi connectivity index (χ4v) is 4.30. The molecule has 2 aliphatic rings. The summed E-state index contributed by atoms with van der Waals surface area (Å²) in [5.74, 6) is 2.07. The molecule has 172 valence electrons. The number of aryl methyl sites for hydroxylation is 1. The number of hydrogen-bond acceptors (Lipinski definition) is 4. The molecule has 8 nitrogen and oxygen atoms in total. The van der Waals surface area contributed by atoms with Crippen LogP contribution in [0.1, 0.15) is 36.7 Å². The van der Waals surface area contributed by atoms with Crippen molar-refractivity contribution in [1.29, 1.82) is 0 Å². The number of aliphatic imine (C=N–C) groups is 1. The Morgan fingerprint density at radius 1 is 1.22 bits per heavy atom. The maximum Gasteiger partial charge on any atom is 0.251 e. The highest BCUT2D eigenvalue weighted by molar-refractivity contribution is 5.82. The zero-order valence-corrected chi connectivity index (χ0v) is 19.2. The van der Waals surface area contributed by atoms with E-state index in [0.717, 1.165) is 50.8 Å². The van der Waals surface area contributed by atoms with E-state index in [1.165, 1.54) is 11.1 Å². The Morgan fingerprint density at radius 3 is 2.69 bits per heavy atom. The van der Waals surface area contributed by atoms with Crippen molar-refractivity contribution in [3.8, 4) is 0 Å². The van der Waals surface area contributed by atoms with E-state index < -0.39 is 0 Å². The average Bonchev–Trinajstić information content (AvgIpc) is 3.49. The van der Waals surface area contributed by atoms with E-state index in [9.17, 15) is 4.79 Å². The summed E-state index contributed by atoms with van der Waals surface area (Å²) in [4.78, 5) is 26.0. The van der Waals surface area contributed by atoms with E-state index in [1.54, 1.807) is 0 Å². The lowest BCUT2D eigenvalue weighted by Crippen LogP contribution is -2.55. The van der Waals surface area contributed by atoms with Crippen LogP contribution in [0.4, 0.5) is 0 Å². The Kier molecular flexibility index (Phi) is 7.42. The number of nitrogens with one attached hydrogen (secondary N) is 1. The number of imidazole rings is 1. The Bertz CT molecular complexity index is 926. The van der Waals surface area contributed by atoms with Gasteiger partial charge in [0.15, 0.2) is 5.96 Å². The third-order valence-electron chi connectivity index (χ3n) is 6.11. The first-order chi connectivity index (χ1) is 15.6. The van der Waals surface area contributed by atoms with E-state index >= 15 is 0 Å². The number of carbonyl (C=O) groups is 1. The van der Waals surface area contributed by atoms with Crippen LogP contribution in [0.15, 0.2) is 41.7 Å². The molecule has 1 N–H and O–H groups in total. The highest BCUT2D eigenvalue weighted by Gasteiger charge is 2.30. The molecule has 0 spiro atoms. The van der Waals surface area contributed by atoms with Gasteiger partial charge in [0.05, 0.1) is 6.54 Å². The molecule has 1 aromatic carbocycles. The van der Waals surface area contributed by atoms with Gasteiger partial charge in [-0.3, -0.25) is 4.79 Å². The number of carbonyl (C=O) groups excluding carboxylic acids is 1. The second-order valence-corrected chi connectivity index (χ2v) is 8.41. The molecule has 0 bridgehead atoms. The molecule has 1 aromatic heterocycles. The largest absolute Gasteiger partial charge is 0.368 e. The van der Waals surface area contributed by atoms with Crippen molar-refractivity contribution < 1.29 is 9.53 Å². The van der Waals surface area contributed by atoms with E-state index in [0.29, 0.717) is 26.2 Å². The van der Waals surface area contributed by atoms with E-state index in [2.05, 4.69) is 51.0 Å². The summed E-state index contributed by atoms with van der Waals surface area (Å²) in [6.07, 6.45) is 5.44. The van der Waals surface area contributed by atoms with Crippen LogP contribution in [0, 0.1) is 6.92 Å².